The number of rotatable bonds is 9. The Balaban J connectivity index is 1.61. The summed E-state index contributed by atoms with van der Waals surface area (Å²) in [5.41, 5.74) is 2.36. The minimum absolute atomic E-state index is 0.0415. The summed E-state index contributed by atoms with van der Waals surface area (Å²) in [6.45, 7) is 7.61. The predicted octanol–water partition coefficient (Wildman–Crippen LogP) is 4.89. The molecule has 7 heteroatoms. The van der Waals surface area contributed by atoms with Gasteiger partial charge in [-0.1, -0.05) is 48.0 Å². The highest BCUT2D eigenvalue weighted by Gasteiger charge is 2.20. The third kappa shape index (κ3) is 6.11. The second-order valence-corrected chi connectivity index (χ2v) is 8.90. The molecule has 0 aliphatic carbocycles. The first-order valence-electron chi connectivity index (χ1n) is 10.7. The number of halogens is 1. The number of aromatic nitrogens is 2. The Morgan fingerprint density at radius 3 is 2.22 bits per heavy atom. The van der Waals surface area contributed by atoms with Crippen LogP contribution in [0.2, 0.25) is 5.02 Å². The van der Waals surface area contributed by atoms with Crippen LogP contribution in [0.1, 0.15) is 32.8 Å². The number of ether oxygens (including phenoxy) is 2. The lowest BCUT2D eigenvalue weighted by atomic mass is 10.0. The summed E-state index contributed by atoms with van der Waals surface area (Å²) < 4.78 is 12.9. The fraction of sp³-hybridized carbons (Fsp3) is 0.360. The van der Waals surface area contributed by atoms with Crippen LogP contribution in [-0.2, 0) is 12.1 Å². The van der Waals surface area contributed by atoms with Crippen molar-refractivity contribution in [1.29, 1.82) is 0 Å². The van der Waals surface area contributed by atoms with Crippen LogP contribution in [0.25, 0.3) is 11.1 Å². The molecule has 0 spiro atoms. The van der Waals surface area contributed by atoms with Crippen molar-refractivity contribution in [3.05, 3.63) is 75.7 Å². The minimum atomic E-state index is -0.452. The van der Waals surface area contributed by atoms with Gasteiger partial charge in [0.1, 0.15) is 12.4 Å². The lowest BCUT2D eigenvalue weighted by molar-refractivity contribution is 0.292. The van der Waals surface area contributed by atoms with Crippen molar-refractivity contribution >= 4 is 11.6 Å². The van der Waals surface area contributed by atoms with Crippen molar-refractivity contribution in [3.8, 4) is 22.6 Å². The number of nitrogens with zero attached hydrogens (tertiary/aromatic N) is 2. The van der Waals surface area contributed by atoms with Gasteiger partial charge in [-0.15, -0.1) is 0 Å². The minimum Gasteiger partial charge on any atom is -0.494 e. The van der Waals surface area contributed by atoms with E-state index in [1.165, 1.54) is 10.9 Å². The SMILES string of the molecule is CNCCCOc1ccc(-c2ccc(COc3cnn(C(C)(C)C)c(=O)c3Cl)cc2)cc1. The summed E-state index contributed by atoms with van der Waals surface area (Å²) in [5, 5.41) is 7.34. The lowest BCUT2D eigenvalue weighted by Gasteiger charge is -2.21. The monoisotopic (exact) mass is 455 g/mol. The van der Waals surface area contributed by atoms with Crippen molar-refractivity contribution in [2.24, 2.45) is 0 Å². The van der Waals surface area contributed by atoms with E-state index >= 15 is 0 Å². The van der Waals surface area contributed by atoms with E-state index < -0.39 is 5.54 Å². The van der Waals surface area contributed by atoms with Gasteiger partial charge < -0.3 is 14.8 Å². The average molecular weight is 456 g/mol. The molecule has 3 rings (SSSR count). The Morgan fingerprint density at radius 2 is 1.62 bits per heavy atom. The first-order chi connectivity index (χ1) is 15.3. The molecule has 1 N–H and O–H groups in total. The zero-order valence-corrected chi connectivity index (χ0v) is 19.8. The molecule has 0 unspecified atom stereocenters. The Morgan fingerprint density at radius 1 is 1.00 bits per heavy atom. The van der Waals surface area contributed by atoms with E-state index in [1.807, 2.05) is 64.2 Å². The van der Waals surface area contributed by atoms with E-state index in [0.717, 1.165) is 35.4 Å². The van der Waals surface area contributed by atoms with E-state index in [4.69, 9.17) is 21.1 Å². The van der Waals surface area contributed by atoms with Crippen molar-refractivity contribution in [2.75, 3.05) is 20.2 Å². The second-order valence-electron chi connectivity index (χ2n) is 8.53. The first-order valence-corrected chi connectivity index (χ1v) is 11.1. The molecule has 0 radical (unpaired) electrons. The van der Waals surface area contributed by atoms with Crippen molar-refractivity contribution in [3.63, 3.8) is 0 Å². The third-order valence-corrected chi connectivity index (χ3v) is 5.25. The van der Waals surface area contributed by atoms with Crippen molar-refractivity contribution < 1.29 is 9.47 Å². The smallest absolute Gasteiger partial charge is 0.289 e. The first kappa shape index (κ1) is 23.8. The maximum Gasteiger partial charge on any atom is 0.289 e. The summed E-state index contributed by atoms with van der Waals surface area (Å²) >= 11 is 6.22. The van der Waals surface area contributed by atoms with Gasteiger partial charge in [-0.2, -0.15) is 5.10 Å². The van der Waals surface area contributed by atoms with Gasteiger partial charge in [0.15, 0.2) is 10.8 Å². The van der Waals surface area contributed by atoms with E-state index in [0.29, 0.717) is 13.2 Å². The lowest BCUT2D eigenvalue weighted by Crippen LogP contribution is -2.36. The molecule has 6 nitrogen and oxygen atoms in total. The van der Waals surface area contributed by atoms with E-state index in [2.05, 4.69) is 22.5 Å². The fourth-order valence-electron chi connectivity index (χ4n) is 3.13. The Labute approximate surface area is 194 Å². The van der Waals surface area contributed by atoms with Crippen LogP contribution >= 0.6 is 11.6 Å². The van der Waals surface area contributed by atoms with Gasteiger partial charge in [0.05, 0.1) is 18.3 Å². The third-order valence-electron chi connectivity index (χ3n) is 4.90. The molecule has 1 heterocycles. The molecule has 3 aromatic rings. The van der Waals surface area contributed by atoms with Gasteiger partial charge in [0.25, 0.3) is 5.56 Å². The average Bonchev–Trinajstić information content (AvgIpc) is 2.78. The van der Waals surface area contributed by atoms with Gasteiger partial charge in [-0.3, -0.25) is 4.79 Å². The second kappa shape index (κ2) is 10.7. The number of hydrogen-bond acceptors (Lipinski definition) is 5. The largest absolute Gasteiger partial charge is 0.494 e. The van der Waals surface area contributed by atoms with Crippen LogP contribution in [0.5, 0.6) is 11.5 Å². The number of hydrogen-bond donors (Lipinski definition) is 1. The highest BCUT2D eigenvalue weighted by atomic mass is 35.5. The highest BCUT2D eigenvalue weighted by molar-refractivity contribution is 6.31. The topological polar surface area (TPSA) is 65.4 Å². The summed E-state index contributed by atoms with van der Waals surface area (Å²) in [6, 6.07) is 16.1. The van der Waals surface area contributed by atoms with E-state index in [1.54, 1.807) is 0 Å². The Hall–Kier alpha value is -2.83. The summed E-state index contributed by atoms with van der Waals surface area (Å²) in [6.07, 6.45) is 2.46. The van der Waals surface area contributed by atoms with E-state index in [-0.39, 0.29) is 16.3 Å². The van der Waals surface area contributed by atoms with Crippen LogP contribution in [0.15, 0.2) is 59.5 Å². The zero-order valence-electron chi connectivity index (χ0n) is 19.0. The molecule has 1 aromatic heterocycles. The molecule has 0 bridgehead atoms. The van der Waals surface area contributed by atoms with E-state index in [9.17, 15) is 4.79 Å². The maximum atomic E-state index is 12.4. The molecule has 0 fully saturated rings. The number of nitrogens with one attached hydrogen (secondary N) is 1. The Bertz CT molecular complexity index is 1070. The molecule has 170 valence electrons. The standard InChI is InChI=1S/C25H30ClN3O3/c1-25(2,3)29-24(30)23(26)22(16-28-29)32-17-18-6-8-19(9-7-18)20-10-12-21(13-11-20)31-15-5-14-27-4/h6-13,16,27H,5,14-15,17H2,1-4H3. The Kier molecular flexibility index (Phi) is 7.94. The normalized spacial score (nSPS) is 11.4. The molecule has 0 saturated carbocycles. The summed E-state index contributed by atoms with van der Waals surface area (Å²) in [4.78, 5) is 12.4. The quantitative estimate of drug-likeness (QED) is 0.465. The van der Waals surface area contributed by atoms with Gasteiger partial charge in [-0.25, -0.2) is 4.68 Å². The molecular formula is C25H30ClN3O3. The van der Waals surface area contributed by atoms with Gasteiger partial charge in [0.2, 0.25) is 0 Å². The molecule has 32 heavy (non-hydrogen) atoms. The zero-order chi connectivity index (χ0) is 23.1. The van der Waals surface area contributed by atoms with Crippen molar-refractivity contribution in [1.82, 2.24) is 15.1 Å². The van der Waals surface area contributed by atoms with Gasteiger partial charge in [-0.05, 0) is 69.6 Å². The molecule has 2 aromatic carbocycles. The van der Waals surface area contributed by atoms with Crippen molar-refractivity contribution in [2.45, 2.75) is 39.3 Å². The highest BCUT2D eigenvalue weighted by Crippen LogP contribution is 2.25. The van der Waals surface area contributed by atoms with Gasteiger partial charge in [0, 0.05) is 0 Å². The number of benzene rings is 2. The molecule has 0 aliphatic rings. The van der Waals surface area contributed by atoms with Gasteiger partial charge >= 0.3 is 0 Å². The van der Waals surface area contributed by atoms with Crippen LogP contribution in [-0.4, -0.2) is 30.0 Å². The van der Waals surface area contributed by atoms with Crippen LogP contribution in [0.4, 0.5) is 0 Å². The molecular weight excluding hydrogens is 426 g/mol. The van der Waals surface area contributed by atoms with Crippen LogP contribution in [0, 0.1) is 0 Å². The molecule has 0 saturated heterocycles. The molecule has 0 amide bonds. The predicted molar refractivity (Wildman–Crippen MR) is 129 cm³/mol. The van der Waals surface area contributed by atoms with Crippen LogP contribution in [0.3, 0.4) is 0 Å². The summed E-state index contributed by atoms with van der Waals surface area (Å²) in [7, 11) is 1.93. The maximum absolute atomic E-state index is 12.4. The molecule has 0 atom stereocenters. The molecule has 0 aliphatic heterocycles. The fourth-order valence-corrected chi connectivity index (χ4v) is 3.32. The summed E-state index contributed by atoms with van der Waals surface area (Å²) in [5.74, 6) is 1.15. The van der Waals surface area contributed by atoms with Crippen LogP contribution < -0.4 is 20.3 Å².